The van der Waals surface area contributed by atoms with Crippen molar-refractivity contribution in [2.24, 2.45) is 0 Å². The minimum atomic E-state index is -1.10. The van der Waals surface area contributed by atoms with Crippen LogP contribution in [0.5, 0.6) is 0 Å². The number of aliphatic hydroxyl groups is 2. The molecule has 0 saturated heterocycles. The summed E-state index contributed by atoms with van der Waals surface area (Å²) in [5.74, 6) is -0.833. The van der Waals surface area contributed by atoms with Crippen molar-refractivity contribution in [2.45, 2.75) is 123 Å². The fourth-order valence-electron chi connectivity index (χ4n) is 2.70. The van der Waals surface area contributed by atoms with Gasteiger partial charge in [-0.2, -0.15) is 0 Å². The number of carboxylic acids is 1. The highest BCUT2D eigenvalue weighted by atomic mass is 16.5. The summed E-state index contributed by atoms with van der Waals surface area (Å²) in [6.07, 6.45) is 19.6. The van der Waals surface area contributed by atoms with Crippen molar-refractivity contribution in [2.75, 3.05) is 0 Å². The Labute approximate surface area is 149 Å². The van der Waals surface area contributed by atoms with Crippen molar-refractivity contribution in [3.8, 4) is 0 Å². The molecule has 0 aliphatic rings. The first-order chi connectivity index (χ1) is 11.5. The van der Waals surface area contributed by atoms with Gasteiger partial charge in [-0.1, -0.05) is 96.8 Å². The normalized spacial score (nSPS) is 10.5. The maximum Gasteiger partial charge on any atom is 0.300 e. The minimum absolute atomic E-state index is 0.540. The van der Waals surface area contributed by atoms with Gasteiger partial charge in [-0.25, -0.2) is 0 Å². The van der Waals surface area contributed by atoms with E-state index in [9.17, 15) is 0 Å². The predicted octanol–water partition coefficient (Wildman–Crippen LogP) is 5.65. The molecule has 0 aromatic carbocycles. The van der Waals surface area contributed by atoms with E-state index >= 15 is 0 Å². The zero-order chi connectivity index (χ0) is 18.5. The van der Waals surface area contributed by atoms with Crippen molar-refractivity contribution in [3.63, 3.8) is 0 Å². The van der Waals surface area contributed by atoms with Gasteiger partial charge in [0.25, 0.3) is 5.97 Å². The Kier molecular flexibility index (Phi) is 23.9. The lowest BCUT2D eigenvalue weighted by Gasteiger charge is -2.04. The lowest BCUT2D eigenvalue weighted by atomic mass is 10.0. The first kappa shape index (κ1) is 25.6. The van der Waals surface area contributed by atoms with E-state index < -0.39 is 12.3 Å². The maximum atomic E-state index is 9.00. The van der Waals surface area contributed by atoms with E-state index in [0.29, 0.717) is 6.42 Å². The van der Waals surface area contributed by atoms with E-state index in [-0.39, 0.29) is 0 Å². The number of carboxylic acid groups (broad SMARTS) is 1. The van der Waals surface area contributed by atoms with E-state index in [1.165, 1.54) is 83.5 Å². The molecular formula is C20H42O4. The summed E-state index contributed by atoms with van der Waals surface area (Å²) in [6.45, 7) is 3.36. The Morgan fingerprint density at radius 1 is 0.667 bits per heavy atom. The molecule has 4 heteroatoms. The van der Waals surface area contributed by atoms with Crippen molar-refractivity contribution in [1.82, 2.24) is 0 Å². The monoisotopic (exact) mass is 346 g/mol. The summed E-state index contributed by atoms with van der Waals surface area (Å²) < 4.78 is 0. The molecule has 0 aliphatic carbocycles. The molecule has 0 bridgehead atoms. The van der Waals surface area contributed by atoms with Gasteiger partial charge in [-0.3, -0.25) is 4.79 Å². The van der Waals surface area contributed by atoms with Gasteiger partial charge in [-0.05, 0) is 12.8 Å². The van der Waals surface area contributed by atoms with Crippen LogP contribution in [0.3, 0.4) is 0 Å². The van der Waals surface area contributed by atoms with Gasteiger partial charge in [0.15, 0.2) is 6.29 Å². The van der Waals surface area contributed by atoms with Gasteiger partial charge < -0.3 is 15.3 Å². The second kappa shape index (κ2) is 22.4. The molecule has 0 aliphatic heterocycles. The zero-order valence-electron chi connectivity index (χ0n) is 16.1. The van der Waals surface area contributed by atoms with Crippen molar-refractivity contribution < 1.29 is 20.1 Å². The zero-order valence-corrected chi connectivity index (χ0v) is 16.1. The fraction of sp³-hybridized carbons (Fsp3) is 0.950. The lowest BCUT2D eigenvalue weighted by molar-refractivity contribution is -0.134. The number of unbranched alkanes of at least 4 members (excludes halogenated alkanes) is 14. The molecular weight excluding hydrogens is 304 g/mol. The summed E-state index contributed by atoms with van der Waals surface area (Å²) >= 11 is 0. The molecule has 0 amide bonds. The summed E-state index contributed by atoms with van der Waals surface area (Å²) in [4.78, 5) is 9.00. The highest BCUT2D eigenvalue weighted by molar-refractivity contribution is 5.62. The highest BCUT2D eigenvalue weighted by Crippen LogP contribution is 2.13. The second-order valence-corrected chi connectivity index (χ2v) is 6.74. The second-order valence-electron chi connectivity index (χ2n) is 6.74. The Balaban J connectivity index is 0. The fourth-order valence-corrected chi connectivity index (χ4v) is 2.70. The third-order valence-electron chi connectivity index (χ3n) is 4.07. The number of hydrogen-bond acceptors (Lipinski definition) is 3. The lowest BCUT2D eigenvalue weighted by Crippen LogP contribution is -2.02. The summed E-state index contributed by atoms with van der Waals surface area (Å²) in [5, 5.41) is 24.8. The first-order valence-corrected chi connectivity index (χ1v) is 10.1. The van der Waals surface area contributed by atoms with Gasteiger partial charge in [0, 0.05) is 6.92 Å². The Morgan fingerprint density at radius 3 is 1.17 bits per heavy atom. The van der Waals surface area contributed by atoms with Crippen LogP contribution in [0.15, 0.2) is 0 Å². The Bertz CT molecular complexity index is 238. The number of aliphatic carboxylic acids is 1. The number of hydrogen-bond donors (Lipinski definition) is 3. The topological polar surface area (TPSA) is 77.8 Å². The first-order valence-electron chi connectivity index (χ1n) is 10.1. The maximum absolute atomic E-state index is 9.00. The van der Waals surface area contributed by atoms with E-state index in [1.807, 2.05) is 0 Å². The van der Waals surface area contributed by atoms with E-state index in [0.717, 1.165) is 19.8 Å². The molecule has 0 saturated carbocycles. The molecule has 0 fully saturated rings. The summed E-state index contributed by atoms with van der Waals surface area (Å²) in [7, 11) is 0. The van der Waals surface area contributed by atoms with Crippen LogP contribution in [-0.2, 0) is 4.79 Å². The van der Waals surface area contributed by atoms with Crippen LogP contribution in [0.2, 0.25) is 0 Å². The summed E-state index contributed by atoms with van der Waals surface area (Å²) in [5.41, 5.74) is 0. The van der Waals surface area contributed by atoms with Gasteiger partial charge in [0.2, 0.25) is 0 Å². The quantitative estimate of drug-likeness (QED) is 0.249. The molecule has 0 aromatic rings. The Morgan fingerprint density at radius 2 is 0.917 bits per heavy atom. The average molecular weight is 347 g/mol. The minimum Gasteiger partial charge on any atom is -0.481 e. The van der Waals surface area contributed by atoms with Crippen LogP contribution in [0.25, 0.3) is 0 Å². The third-order valence-corrected chi connectivity index (χ3v) is 4.07. The van der Waals surface area contributed by atoms with Crippen molar-refractivity contribution >= 4 is 5.97 Å². The molecule has 146 valence electrons. The molecule has 3 N–H and O–H groups in total. The van der Waals surface area contributed by atoms with Gasteiger partial charge in [-0.15, -0.1) is 0 Å². The largest absolute Gasteiger partial charge is 0.481 e. The van der Waals surface area contributed by atoms with Gasteiger partial charge in [0.05, 0.1) is 0 Å². The van der Waals surface area contributed by atoms with Crippen LogP contribution in [0.4, 0.5) is 0 Å². The standard InChI is InChI=1S/C18H38O2.C2H4O2/c1-2-3-4-5-6-7-8-9-10-11-12-13-14-15-16-17-18(19)20;1-2(3)4/h18-20H,2-17H2,1H3;1H3,(H,3,4). The van der Waals surface area contributed by atoms with Crippen LogP contribution in [0, 0.1) is 0 Å². The highest BCUT2D eigenvalue weighted by Gasteiger charge is 1.97. The van der Waals surface area contributed by atoms with Crippen LogP contribution < -0.4 is 0 Å². The predicted molar refractivity (Wildman–Crippen MR) is 101 cm³/mol. The van der Waals surface area contributed by atoms with Crippen LogP contribution in [0.1, 0.15) is 117 Å². The number of aliphatic hydroxyl groups excluding tert-OH is 1. The summed E-state index contributed by atoms with van der Waals surface area (Å²) in [6, 6.07) is 0. The number of rotatable bonds is 16. The molecule has 0 radical (unpaired) electrons. The van der Waals surface area contributed by atoms with E-state index in [1.54, 1.807) is 0 Å². The van der Waals surface area contributed by atoms with Crippen LogP contribution in [-0.4, -0.2) is 27.6 Å². The van der Waals surface area contributed by atoms with Gasteiger partial charge in [0.1, 0.15) is 0 Å². The van der Waals surface area contributed by atoms with E-state index in [4.69, 9.17) is 20.1 Å². The molecule has 0 rings (SSSR count). The SMILES string of the molecule is CC(=O)O.CCCCCCCCCCCCCCCCCC(O)O. The molecule has 0 atom stereocenters. The molecule has 0 aromatic heterocycles. The number of carbonyl (C=O) groups is 1. The van der Waals surface area contributed by atoms with Crippen LogP contribution >= 0.6 is 0 Å². The van der Waals surface area contributed by atoms with Crippen molar-refractivity contribution in [3.05, 3.63) is 0 Å². The Hall–Kier alpha value is -0.610. The van der Waals surface area contributed by atoms with Gasteiger partial charge >= 0.3 is 0 Å². The smallest absolute Gasteiger partial charge is 0.300 e. The molecule has 0 spiro atoms. The molecule has 0 unspecified atom stereocenters. The molecule has 24 heavy (non-hydrogen) atoms. The van der Waals surface area contributed by atoms with Crippen molar-refractivity contribution in [1.29, 1.82) is 0 Å². The average Bonchev–Trinajstić information content (AvgIpc) is 2.50. The third kappa shape index (κ3) is 33.1. The molecule has 4 nitrogen and oxygen atoms in total. The van der Waals surface area contributed by atoms with E-state index in [2.05, 4.69) is 6.92 Å². The molecule has 0 heterocycles.